The van der Waals surface area contributed by atoms with Crippen LogP contribution in [0.25, 0.3) is 0 Å². The van der Waals surface area contributed by atoms with Gasteiger partial charge in [-0.25, -0.2) is 13.1 Å². The number of morpholine rings is 1. The maximum absolute atomic E-state index is 13.0. The predicted molar refractivity (Wildman–Crippen MR) is 121 cm³/mol. The Morgan fingerprint density at radius 1 is 1.03 bits per heavy atom. The Morgan fingerprint density at radius 3 is 2.34 bits per heavy atom. The van der Waals surface area contributed by atoms with Crippen LogP contribution in [0.15, 0.2) is 71.8 Å². The van der Waals surface area contributed by atoms with Crippen LogP contribution in [0.3, 0.4) is 0 Å². The molecule has 8 nitrogen and oxygen atoms in total. The highest BCUT2D eigenvalue weighted by molar-refractivity contribution is 7.89. The summed E-state index contributed by atoms with van der Waals surface area (Å²) in [7, 11) is -3.65. The molecule has 1 N–H and O–H groups in total. The molecule has 4 rings (SSSR count). The second-order valence-electron chi connectivity index (χ2n) is 7.92. The summed E-state index contributed by atoms with van der Waals surface area (Å²) in [4.78, 5) is 12.9. The second-order valence-corrected chi connectivity index (χ2v) is 9.86. The average molecular weight is 455 g/mol. The van der Waals surface area contributed by atoms with Gasteiger partial charge in [0.1, 0.15) is 5.82 Å². The third-order valence-corrected chi connectivity index (χ3v) is 7.12. The summed E-state index contributed by atoms with van der Waals surface area (Å²) in [5.74, 6) is 0.226. The molecule has 0 saturated carbocycles. The van der Waals surface area contributed by atoms with E-state index in [4.69, 9.17) is 4.74 Å². The van der Waals surface area contributed by atoms with E-state index in [1.165, 1.54) is 28.6 Å². The van der Waals surface area contributed by atoms with Gasteiger partial charge >= 0.3 is 0 Å². The summed E-state index contributed by atoms with van der Waals surface area (Å²) in [6.07, 6.45) is 1.29. The van der Waals surface area contributed by atoms with Crippen LogP contribution >= 0.6 is 0 Å². The number of hydrogen-bond acceptors (Lipinski definition) is 5. The minimum Gasteiger partial charge on any atom is -0.373 e. The topological polar surface area (TPSA) is 93.5 Å². The minimum atomic E-state index is -3.65. The molecule has 168 valence electrons. The van der Waals surface area contributed by atoms with Crippen molar-refractivity contribution >= 4 is 21.7 Å². The van der Waals surface area contributed by atoms with E-state index in [2.05, 4.69) is 10.4 Å². The van der Waals surface area contributed by atoms with Gasteiger partial charge in [0.15, 0.2) is 0 Å². The first-order chi connectivity index (χ1) is 15.3. The molecule has 1 aliphatic heterocycles. The van der Waals surface area contributed by atoms with Crippen molar-refractivity contribution in [2.24, 2.45) is 0 Å². The van der Waals surface area contributed by atoms with Gasteiger partial charge in [-0.05, 0) is 43.7 Å². The molecule has 0 radical (unpaired) electrons. The number of rotatable bonds is 6. The zero-order valence-electron chi connectivity index (χ0n) is 18.0. The molecule has 0 bridgehead atoms. The SMILES string of the molecule is CC1CN(S(=O)(=O)c2ccc(C(=O)Nc3ccnn3Cc3ccccc3)cc2)CC(C)O1. The number of hydrogen-bond donors (Lipinski definition) is 1. The molecule has 9 heteroatoms. The molecule has 1 aliphatic rings. The molecule has 1 amide bonds. The smallest absolute Gasteiger partial charge is 0.256 e. The van der Waals surface area contributed by atoms with Crippen LogP contribution in [-0.4, -0.2) is 53.7 Å². The highest BCUT2D eigenvalue weighted by Crippen LogP contribution is 2.22. The minimum absolute atomic E-state index is 0.157. The first kappa shape index (κ1) is 22.2. The third kappa shape index (κ3) is 4.90. The van der Waals surface area contributed by atoms with Crippen LogP contribution in [0.4, 0.5) is 5.82 Å². The summed E-state index contributed by atoms with van der Waals surface area (Å²) in [6.45, 7) is 4.85. The number of nitrogens with one attached hydrogen (secondary N) is 1. The van der Waals surface area contributed by atoms with Crippen molar-refractivity contribution in [3.05, 3.63) is 78.0 Å². The molecule has 2 aromatic carbocycles. The Morgan fingerprint density at radius 2 is 1.69 bits per heavy atom. The van der Waals surface area contributed by atoms with E-state index in [0.717, 1.165) is 5.56 Å². The van der Waals surface area contributed by atoms with E-state index in [9.17, 15) is 13.2 Å². The molecule has 2 atom stereocenters. The maximum Gasteiger partial charge on any atom is 0.256 e. The fraction of sp³-hybridized carbons (Fsp3) is 0.304. The van der Waals surface area contributed by atoms with Crippen molar-refractivity contribution in [1.29, 1.82) is 0 Å². The second kappa shape index (κ2) is 9.23. The Kier molecular flexibility index (Phi) is 6.40. The first-order valence-corrected chi connectivity index (χ1v) is 11.9. The summed E-state index contributed by atoms with van der Waals surface area (Å²) < 4.78 is 34.7. The maximum atomic E-state index is 13.0. The highest BCUT2D eigenvalue weighted by atomic mass is 32.2. The van der Waals surface area contributed by atoms with Gasteiger partial charge in [0.25, 0.3) is 5.91 Å². The Labute approximate surface area is 187 Å². The van der Waals surface area contributed by atoms with Crippen LogP contribution in [0.2, 0.25) is 0 Å². The number of benzene rings is 2. The van der Waals surface area contributed by atoms with Crippen molar-refractivity contribution in [3.8, 4) is 0 Å². The fourth-order valence-electron chi connectivity index (χ4n) is 3.76. The Bertz CT molecular complexity index is 1170. The fourth-order valence-corrected chi connectivity index (χ4v) is 5.35. The lowest BCUT2D eigenvalue weighted by molar-refractivity contribution is -0.0440. The van der Waals surface area contributed by atoms with Crippen LogP contribution in [0, 0.1) is 0 Å². The molecule has 0 aliphatic carbocycles. The number of nitrogens with zero attached hydrogens (tertiary/aromatic N) is 3. The van der Waals surface area contributed by atoms with Crippen LogP contribution in [0.5, 0.6) is 0 Å². The Balaban J connectivity index is 1.46. The predicted octanol–water partition coefficient (Wildman–Crippen LogP) is 2.98. The Hall–Kier alpha value is -3.01. The van der Waals surface area contributed by atoms with Gasteiger partial charge in [-0.15, -0.1) is 0 Å². The quantitative estimate of drug-likeness (QED) is 0.618. The summed E-state index contributed by atoms with van der Waals surface area (Å²) in [5, 5.41) is 7.12. The van der Waals surface area contributed by atoms with Crippen molar-refractivity contribution < 1.29 is 17.9 Å². The number of aromatic nitrogens is 2. The number of anilines is 1. The number of amides is 1. The van der Waals surface area contributed by atoms with Gasteiger partial charge in [0.05, 0.1) is 29.8 Å². The zero-order valence-corrected chi connectivity index (χ0v) is 18.8. The number of sulfonamides is 1. The molecule has 32 heavy (non-hydrogen) atoms. The van der Waals surface area contributed by atoms with Gasteiger partial charge < -0.3 is 10.1 Å². The average Bonchev–Trinajstić information content (AvgIpc) is 3.20. The van der Waals surface area contributed by atoms with Gasteiger partial charge in [-0.1, -0.05) is 30.3 Å². The molecular weight excluding hydrogens is 428 g/mol. The van der Waals surface area contributed by atoms with E-state index >= 15 is 0 Å². The lowest BCUT2D eigenvalue weighted by atomic mass is 10.2. The summed E-state index contributed by atoms with van der Waals surface area (Å²) in [6, 6.07) is 17.5. The van der Waals surface area contributed by atoms with Gasteiger partial charge in [-0.2, -0.15) is 9.40 Å². The third-order valence-electron chi connectivity index (χ3n) is 5.27. The van der Waals surface area contributed by atoms with Crippen LogP contribution in [-0.2, 0) is 21.3 Å². The molecule has 2 heterocycles. The van der Waals surface area contributed by atoms with Gasteiger partial charge in [0, 0.05) is 24.7 Å². The molecular formula is C23H26N4O4S. The molecule has 0 spiro atoms. The van der Waals surface area contributed by atoms with Crippen molar-refractivity contribution in [2.45, 2.75) is 37.5 Å². The number of carbonyl (C=O) groups is 1. The molecule has 3 aromatic rings. The molecule has 1 fully saturated rings. The largest absolute Gasteiger partial charge is 0.373 e. The van der Waals surface area contributed by atoms with Crippen LogP contribution < -0.4 is 5.32 Å². The highest BCUT2D eigenvalue weighted by Gasteiger charge is 2.32. The standard InChI is InChI=1S/C23H26N4O4S/c1-17-14-26(15-18(2)31-17)32(29,30)21-10-8-20(9-11-21)23(28)25-22-12-13-24-27(22)16-19-6-4-3-5-7-19/h3-13,17-18H,14-16H2,1-2H3,(H,25,28). The molecule has 1 saturated heterocycles. The zero-order chi connectivity index (χ0) is 22.7. The molecule has 2 unspecified atom stereocenters. The number of carbonyl (C=O) groups excluding carboxylic acids is 1. The lowest BCUT2D eigenvalue weighted by Gasteiger charge is -2.34. The van der Waals surface area contributed by atoms with E-state index in [0.29, 0.717) is 31.0 Å². The van der Waals surface area contributed by atoms with E-state index in [1.54, 1.807) is 16.9 Å². The van der Waals surface area contributed by atoms with E-state index in [1.807, 2.05) is 44.2 Å². The summed E-state index contributed by atoms with van der Waals surface area (Å²) >= 11 is 0. The monoisotopic (exact) mass is 454 g/mol. The van der Waals surface area contributed by atoms with Crippen molar-refractivity contribution in [2.75, 3.05) is 18.4 Å². The lowest BCUT2D eigenvalue weighted by Crippen LogP contribution is -2.48. The summed E-state index contributed by atoms with van der Waals surface area (Å²) in [5.41, 5.74) is 1.42. The van der Waals surface area contributed by atoms with E-state index in [-0.39, 0.29) is 23.0 Å². The van der Waals surface area contributed by atoms with Gasteiger partial charge in [-0.3, -0.25) is 4.79 Å². The van der Waals surface area contributed by atoms with E-state index < -0.39 is 10.0 Å². The first-order valence-electron chi connectivity index (χ1n) is 10.5. The normalized spacial score (nSPS) is 19.6. The van der Waals surface area contributed by atoms with Crippen molar-refractivity contribution in [1.82, 2.24) is 14.1 Å². The van der Waals surface area contributed by atoms with Crippen LogP contribution in [0.1, 0.15) is 29.8 Å². The molecule has 1 aromatic heterocycles. The van der Waals surface area contributed by atoms with Crippen molar-refractivity contribution in [3.63, 3.8) is 0 Å². The van der Waals surface area contributed by atoms with Gasteiger partial charge in [0.2, 0.25) is 10.0 Å². The number of ether oxygens (including phenoxy) is 1.